The van der Waals surface area contributed by atoms with Crippen molar-refractivity contribution in [3.8, 4) is 5.75 Å². The fraction of sp³-hybridized carbons (Fsp3) is 0.625. The van der Waals surface area contributed by atoms with Gasteiger partial charge in [0.25, 0.3) is 0 Å². The Kier molecular flexibility index (Phi) is 7.61. The van der Waals surface area contributed by atoms with Crippen LogP contribution in [0, 0.1) is 11.6 Å². The lowest BCUT2D eigenvalue weighted by Gasteiger charge is -2.28. The van der Waals surface area contributed by atoms with Gasteiger partial charge in [-0.15, -0.1) is 0 Å². The van der Waals surface area contributed by atoms with Gasteiger partial charge in [-0.05, 0) is 51.3 Å². The standard InChI is InChI=1S/C16H25F2NO2/c1-3-10-19-16(2,12-20)9-4-5-11-21-14-8-6-7-13(17)15(14)18/h6-8,19-20H,3-5,9-12H2,1-2H3. The number of aliphatic hydroxyl groups excluding tert-OH is 1. The van der Waals surface area contributed by atoms with Gasteiger partial charge in [-0.2, -0.15) is 4.39 Å². The molecule has 0 amide bonds. The molecule has 2 N–H and O–H groups in total. The van der Waals surface area contributed by atoms with Gasteiger partial charge in [0.2, 0.25) is 5.82 Å². The van der Waals surface area contributed by atoms with Crippen LogP contribution in [0.2, 0.25) is 0 Å². The second-order valence-corrected chi connectivity index (χ2v) is 5.50. The average Bonchev–Trinajstić information content (AvgIpc) is 2.49. The fourth-order valence-electron chi connectivity index (χ4n) is 2.04. The highest BCUT2D eigenvalue weighted by atomic mass is 19.2. The molecule has 120 valence electrons. The smallest absolute Gasteiger partial charge is 0.200 e. The lowest BCUT2D eigenvalue weighted by molar-refractivity contribution is 0.160. The minimum Gasteiger partial charge on any atom is -0.490 e. The van der Waals surface area contributed by atoms with Gasteiger partial charge in [0.05, 0.1) is 13.2 Å². The van der Waals surface area contributed by atoms with Crippen molar-refractivity contribution in [3.63, 3.8) is 0 Å². The first-order valence-electron chi connectivity index (χ1n) is 7.45. The number of unbranched alkanes of at least 4 members (excludes halogenated alkanes) is 1. The van der Waals surface area contributed by atoms with Crippen LogP contribution in [-0.4, -0.2) is 30.4 Å². The van der Waals surface area contributed by atoms with E-state index in [1.807, 2.05) is 6.92 Å². The van der Waals surface area contributed by atoms with E-state index < -0.39 is 11.6 Å². The van der Waals surface area contributed by atoms with Crippen LogP contribution in [0.4, 0.5) is 8.78 Å². The molecule has 1 rings (SSSR count). The molecule has 5 heteroatoms. The Labute approximate surface area is 125 Å². The molecule has 0 spiro atoms. The Morgan fingerprint density at radius 1 is 1.29 bits per heavy atom. The predicted molar refractivity (Wildman–Crippen MR) is 79.5 cm³/mol. The van der Waals surface area contributed by atoms with E-state index in [1.165, 1.54) is 12.1 Å². The van der Waals surface area contributed by atoms with Crippen LogP contribution >= 0.6 is 0 Å². The molecule has 1 unspecified atom stereocenters. The molecular formula is C16H25F2NO2. The molecule has 0 bridgehead atoms. The van der Waals surface area contributed by atoms with Crippen molar-refractivity contribution in [3.05, 3.63) is 29.8 Å². The van der Waals surface area contributed by atoms with E-state index in [9.17, 15) is 13.9 Å². The largest absolute Gasteiger partial charge is 0.490 e. The molecule has 0 heterocycles. The molecule has 0 saturated heterocycles. The van der Waals surface area contributed by atoms with Crippen molar-refractivity contribution < 1.29 is 18.6 Å². The maximum atomic E-state index is 13.4. The highest BCUT2D eigenvalue weighted by molar-refractivity contribution is 5.24. The van der Waals surface area contributed by atoms with Crippen LogP contribution < -0.4 is 10.1 Å². The minimum absolute atomic E-state index is 0.0518. The second-order valence-electron chi connectivity index (χ2n) is 5.50. The second kappa shape index (κ2) is 8.95. The summed E-state index contributed by atoms with van der Waals surface area (Å²) in [6.45, 7) is 5.33. The van der Waals surface area contributed by atoms with Gasteiger partial charge in [-0.25, -0.2) is 4.39 Å². The predicted octanol–water partition coefficient (Wildman–Crippen LogP) is 3.26. The Balaban J connectivity index is 2.29. The summed E-state index contributed by atoms with van der Waals surface area (Å²) >= 11 is 0. The third-order valence-corrected chi connectivity index (χ3v) is 3.45. The number of hydrogen-bond acceptors (Lipinski definition) is 3. The summed E-state index contributed by atoms with van der Waals surface area (Å²) in [4.78, 5) is 0. The van der Waals surface area contributed by atoms with Crippen LogP contribution in [-0.2, 0) is 0 Å². The van der Waals surface area contributed by atoms with Gasteiger partial charge in [-0.1, -0.05) is 13.0 Å². The van der Waals surface area contributed by atoms with E-state index in [1.54, 1.807) is 0 Å². The van der Waals surface area contributed by atoms with Gasteiger partial charge in [-0.3, -0.25) is 0 Å². The van der Waals surface area contributed by atoms with E-state index in [0.717, 1.165) is 38.3 Å². The molecule has 0 radical (unpaired) electrons. The third-order valence-electron chi connectivity index (χ3n) is 3.45. The molecule has 1 aromatic carbocycles. The SMILES string of the molecule is CCCNC(C)(CO)CCCCOc1cccc(F)c1F. The van der Waals surface area contributed by atoms with Crippen molar-refractivity contribution in [2.45, 2.75) is 45.1 Å². The maximum Gasteiger partial charge on any atom is 0.200 e. The topological polar surface area (TPSA) is 41.5 Å². The molecule has 1 atom stereocenters. The van der Waals surface area contributed by atoms with Crippen LogP contribution in [0.1, 0.15) is 39.5 Å². The zero-order valence-corrected chi connectivity index (χ0v) is 12.8. The van der Waals surface area contributed by atoms with Gasteiger partial charge in [0, 0.05) is 5.54 Å². The van der Waals surface area contributed by atoms with Crippen molar-refractivity contribution in [2.24, 2.45) is 0 Å². The Morgan fingerprint density at radius 3 is 2.71 bits per heavy atom. The van der Waals surface area contributed by atoms with Crippen LogP contribution in [0.25, 0.3) is 0 Å². The Hall–Kier alpha value is -1.20. The molecule has 0 saturated carbocycles. The molecule has 0 aliphatic rings. The van der Waals surface area contributed by atoms with Gasteiger partial charge in [0.15, 0.2) is 11.6 Å². The van der Waals surface area contributed by atoms with Crippen molar-refractivity contribution in [2.75, 3.05) is 19.8 Å². The Bertz CT molecular complexity index is 429. The molecule has 3 nitrogen and oxygen atoms in total. The first-order chi connectivity index (χ1) is 10.0. The van der Waals surface area contributed by atoms with E-state index in [0.29, 0.717) is 6.61 Å². The first-order valence-corrected chi connectivity index (χ1v) is 7.45. The molecule has 0 aliphatic heterocycles. The van der Waals surface area contributed by atoms with E-state index in [2.05, 4.69) is 12.2 Å². The maximum absolute atomic E-state index is 13.4. The summed E-state index contributed by atoms with van der Waals surface area (Å²) < 4.78 is 31.6. The lowest BCUT2D eigenvalue weighted by atomic mass is 9.95. The number of ether oxygens (including phenoxy) is 1. The molecule has 0 fully saturated rings. The number of benzene rings is 1. The Morgan fingerprint density at radius 2 is 2.05 bits per heavy atom. The van der Waals surface area contributed by atoms with Crippen molar-refractivity contribution in [1.82, 2.24) is 5.32 Å². The highest BCUT2D eigenvalue weighted by Gasteiger charge is 2.21. The number of hydrogen-bond donors (Lipinski definition) is 2. The summed E-state index contributed by atoms with van der Waals surface area (Å²) in [5.74, 6) is -1.89. The van der Waals surface area contributed by atoms with Gasteiger partial charge >= 0.3 is 0 Å². The number of aliphatic hydroxyl groups is 1. The van der Waals surface area contributed by atoms with Crippen LogP contribution in [0.15, 0.2) is 18.2 Å². The van der Waals surface area contributed by atoms with Gasteiger partial charge < -0.3 is 15.2 Å². The van der Waals surface area contributed by atoms with Crippen LogP contribution in [0.5, 0.6) is 5.75 Å². The third kappa shape index (κ3) is 5.98. The lowest BCUT2D eigenvalue weighted by Crippen LogP contribution is -2.46. The fourth-order valence-corrected chi connectivity index (χ4v) is 2.04. The van der Waals surface area contributed by atoms with E-state index in [4.69, 9.17) is 4.74 Å². The highest BCUT2D eigenvalue weighted by Crippen LogP contribution is 2.20. The molecule has 0 aliphatic carbocycles. The number of rotatable bonds is 10. The minimum atomic E-state index is -0.942. The molecular weight excluding hydrogens is 276 g/mol. The zero-order chi connectivity index (χ0) is 15.7. The zero-order valence-electron chi connectivity index (χ0n) is 12.8. The number of halogens is 2. The van der Waals surface area contributed by atoms with E-state index in [-0.39, 0.29) is 17.9 Å². The van der Waals surface area contributed by atoms with Crippen molar-refractivity contribution in [1.29, 1.82) is 0 Å². The quantitative estimate of drug-likeness (QED) is 0.652. The van der Waals surface area contributed by atoms with Crippen molar-refractivity contribution >= 4 is 0 Å². The monoisotopic (exact) mass is 301 g/mol. The summed E-state index contributed by atoms with van der Waals surface area (Å²) in [5, 5.41) is 12.7. The summed E-state index contributed by atoms with van der Waals surface area (Å²) in [5.41, 5.74) is -0.292. The molecule has 21 heavy (non-hydrogen) atoms. The number of nitrogens with one attached hydrogen (secondary N) is 1. The summed E-state index contributed by atoms with van der Waals surface area (Å²) in [6, 6.07) is 3.90. The summed E-state index contributed by atoms with van der Waals surface area (Å²) in [6.07, 6.45) is 3.38. The van der Waals surface area contributed by atoms with Gasteiger partial charge in [0.1, 0.15) is 0 Å². The normalized spacial score (nSPS) is 14.0. The summed E-state index contributed by atoms with van der Waals surface area (Å²) in [7, 11) is 0. The average molecular weight is 301 g/mol. The van der Waals surface area contributed by atoms with E-state index >= 15 is 0 Å². The molecule has 1 aromatic rings. The first kappa shape index (κ1) is 17.9. The molecule has 0 aromatic heterocycles. The van der Waals surface area contributed by atoms with Crippen LogP contribution in [0.3, 0.4) is 0 Å².